The number of hydrogen-bond donors (Lipinski definition) is 1. The monoisotopic (exact) mass is 389 g/mol. The number of rotatable bonds is 6. The standard InChI is InChI=1S/C27H44O/c1-19(2)8-6-9-21(4)25-15-16-26-22(10-7-17-27(25,26)5)12-13-23-18-24(28)14-11-20(23)3/h12-13,19,21,24-26,28H,3,6-11,14-18H2,1-2,4-5H3/b22-12+,23-13-/t21-,24+,25-,26?,27-/m1/s1/i1+1,2+1,6+1,8+1,19+1. The van der Waals surface area contributed by atoms with Crippen LogP contribution in [0.4, 0.5) is 0 Å². The van der Waals surface area contributed by atoms with Crippen molar-refractivity contribution in [2.45, 2.75) is 104 Å². The van der Waals surface area contributed by atoms with E-state index in [2.05, 4.69) is 46.4 Å². The van der Waals surface area contributed by atoms with Gasteiger partial charge < -0.3 is 5.11 Å². The van der Waals surface area contributed by atoms with Gasteiger partial charge in [0.1, 0.15) is 0 Å². The second-order valence-electron chi connectivity index (χ2n) is 10.8. The van der Waals surface area contributed by atoms with Crippen LogP contribution in [0.3, 0.4) is 0 Å². The van der Waals surface area contributed by atoms with Gasteiger partial charge in [-0.05, 0) is 86.0 Å². The van der Waals surface area contributed by atoms with Crippen molar-refractivity contribution in [3.05, 3.63) is 35.5 Å². The number of allylic oxidation sites excluding steroid dienone is 4. The molecule has 0 aromatic rings. The minimum absolute atomic E-state index is 0.172. The third-order valence-corrected chi connectivity index (χ3v) is 8.35. The van der Waals surface area contributed by atoms with Crippen LogP contribution in [0.1, 0.15) is 98.3 Å². The van der Waals surface area contributed by atoms with Gasteiger partial charge >= 0.3 is 0 Å². The molecule has 0 amide bonds. The molecule has 5 atom stereocenters. The first-order valence-corrected chi connectivity index (χ1v) is 12.1. The Kier molecular flexibility index (Phi) is 7.29. The van der Waals surface area contributed by atoms with Gasteiger partial charge in [0, 0.05) is 0 Å². The van der Waals surface area contributed by atoms with E-state index in [9.17, 15) is 5.11 Å². The van der Waals surface area contributed by atoms with Gasteiger partial charge in [0.05, 0.1) is 6.10 Å². The first kappa shape index (κ1) is 21.9. The van der Waals surface area contributed by atoms with Gasteiger partial charge in [-0.2, -0.15) is 0 Å². The largest absolute Gasteiger partial charge is 0.393 e. The molecule has 28 heavy (non-hydrogen) atoms. The van der Waals surface area contributed by atoms with Crippen LogP contribution in [-0.4, -0.2) is 11.2 Å². The fourth-order valence-corrected chi connectivity index (χ4v) is 6.66. The fraction of sp³-hybridized carbons (Fsp3) is 0.778. The van der Waals surface area contributed by atoms with Crippen molar-refractivity contribution in [1.82, 2.24) is 0 Å². The van der Waals surface area contributed by atoms with E-state index in [-0.39, 0.29) is 6.10 Å². The highest BCUT2D eigenvalue weighted by atomic mass is 16.3. The van der Waals surface area contributed by atoms with Crippen molar-refractivity contribution in [3.8, 4) is 0 Å². The molecule has 0 saturated heterocycles. The molecular formula is C27H44O. The lowest BCUT2D eigenvalue weighted by Crippen LogP contribution is -2.36. The van der Waals surface area contributed by atoms with E-state index in [1.165, 1.54) is 62.5 Å². The van der Waals surface area contributed by atoms with Crippen LogP contribution in [0.15, 0.2) is 35.5 Å². The van der Waals surface area contributed by atoms with E-state index in [4.69, 9.17) is 0 Å². The highest BCUT2D eigenvalue weighted by molar-refractivity contribution is 5.36. The van der Waals surface area contributed by atoms with Crippen molar-refractivity contribution in [3.63, 3.8) is 0 Å². The van der Waals surface area contributed by atoms with Gasteiger partial charge in [0.25, 0.3) is 0 Å². The predicted octanol–water partition coefficient (Wildman–Crippen LogP) is 7.62. The average Bonchev–Trinajstić information content (AvgIpc) is 2.99. The van der Waals surface area contributed by atoms with E-state index in [0.717, 1.165) is 42.9 Å². The van der Waals surface area contributed by atoms with E-state index >= 15 is 0 Å². The Morgan fingerprint density at radius 2 is 1.89 bits per heavy atom. The molecule has 1 unspecified atom stereocenters. The van der Waals surface area contributed by atoms with Crippen LogP contribution < -0.4 is 0 Å². The van der Waals surface area contributed by atoms with Crippen molar-refractivity contribution < 1.29 is 5.11 Å². The quantitative estimate of drug-likeness (QED) is 0.463. The zero-order chi connectivity index (χ0) is 20.3. The molecule has 0 aromatic heterocycles. The van der Waals surface area contributed by atoms with Crippen LogP contribution in [0.5, 0.6) is 0 Å². The van der Waals surface area contributed by atoms with Crippen molar-refractivity contribution in [1.29, 1.82) is 0 Å². The summed E-state index contributed by atoms with van der Waals surface area (Å²) in [5.74, 6) is 3.37. The number of hydrogen-bond acceptors (Lipinski definition) is 1. The average molecular weight is 390 g/mol. The molecule has 3 rings (SSSR count). The zero-order valence-electron chi connectivity index (χ0n) is 19.0. The summed E-state index contributed by atoms with van der Waals surface area (Å²) >= 11 is 0. The molecule has 0 heterocycles. The van der Waals surface area contributed by atoms with Gasteiger partial charge in [-0.1, -0.05) is 76.8 Å². The van der Waals surface area contributed by atoms with Gasteiger partial charge in [0.15, 0.2) is 0 Å². The van der Waals surface area contributed by atoms with Crippen molar-refractivity contribution in [2.75, 3.05) is 0 Å². The predicted molar refractivity (Wildman–Crippen MR) is 121 cm³/mol. The smallest absolute Gasteiger partial charge is 0.0583 e. The molecule has 1 heteroatoms. The van der Waals surface area contributed by atoms with E-state index in [1.807, 2.05) is 0 Å². The minimum Gasteiger partial charge on any atom is -0.393 e. The van der Waals surface area contributed by atoms with Crippen LogP contribution in [0.25, 0.3) is 0 Å². The molecule has 0 spiro atoms. The summed E-state index contributed by atoms with van der Waals surface area (Å²) in [5.41, 5.74) is 4.72. The molecule has 3 fully saturated rings. The summed E-state index contributed by atoms with van der Waals surface area (Å²) < 4.78 is 0. The molecule has 158 valence electrons. The van der Waals surface area contributed by atoms with E-state index < -0.39 is 0 Å². The maximum atomic E-state index is 10.0. The third kappa shape index (κ3) is 4.84. The first-order valence-electron chi connectivity index (χ1n) is 12.1. The fourth-order valence-electron chi connectivity index (χ4n) is 6.66. The van der Waals surface area contributed by atoms with Crippen LogP contribution >= 0.6 is 0 Å². The van der Waals surface area contributed by atoms with Gasteiger partial charge in [-0.3, -0.25) is 0 Å². The van der Waals surface area contributed by atoms with Crippen LogP contribution in [0, 0.1) is 29.1 Å². The van der Waals surface area contributed by atoms with Gasteiger partial charge in [0.2, 0.25) is 0 Å². The molecule has 0 radical (unpaired) electrons. The summed E-state index contributed by atoms with van der Waals surface area (Å²) in [5, 5.41) is 10.0. The maximum absolute atomic E-state index is 10.0. The maximum Gasteiger partial charge on any atom is 0.0583 e. The number of aliphatic hydroxyl groups excluding tert-OH is 1. The highest BCUT2D eigenvalue weighted by Crippen LogP contribution is 2.59. The first-order chi connectivity index (χ1) is 13.3. The summed E-state index contributed by atoms with van der Waals surface area (Å²) in [6.45, 7) is 14.1. The lowest BCUT2D eigenvalue weighted by atomic mass is 9.61. The molecule has 0 aromatic carbocycles. The van der Waals surface area contributed by atoms with Crippen molar-refractivity contribution >= 4 is 0 Å². The Balaban J connectivity index is 1.70. The summed E-state index contributed by atoms with van der Waals surface area (Å²) in [4.78, 5) is 0. The molecule has 3 aliphatic carbocycles. The molecule has 1 N–H and O–H groups in total. The molecule has 0 aliphatic heterocycles. The topological polar surface area (TPSA) is 20.2 Å². The van der Waals surface area contributed by atoms with E-state index in [1.54, 1.807) is 5.57 Å². The van der Waals surface area contributed by atoms with Crippen LogP contribution in [0.2, 0.25) is 0 Å². The molecule has 0 bridgehead atoms. The summed E-state index contributed by atoms with van der Waals surface area (Å²) in [6, 6.07) is 0. The molecular weight excluding hydrogens is 345 g/mol. The summed E-state index contributed by atoms with van der Waals surface area (Å²) in [7, 11) is 0. The van der Waals surface area contributed by atoms with Gasteiger partial charge in [-0.25, -0.2) is 0 Å². The molecule has 3 aliphatic rings. The SMILES string of the molecule is C=C1CC[C@H](O)C/C1=C/C=C1\CCC[C@@]2(C)C1CC[C@@H]2[C@H](C)C[13CH2][13CH2][13CH]([13CH3])[13CH3]. The Labute approximate surface area is 174 Å². The van der Waals surface area contributed by atoms with Crippen LogP contribution in [-0.2, 0) is 0 Å². The Morgan fingerprint density at radius 3 is 2.64 bits per heavy atom. The number of fused-ring (bicyclic) bond motifs is 1. The zero-order valence-corrected chi connectivity index (χ0v) is 19.0. The Bertz CT molecular complexity index is 610. The Morgan fingerprint density at radius 1 is 1.11 bits per heavy atom. The Hall–Kier alpha value is -0.820. The van der Waals surface area contributed by atoms with Gasteiger partial charge in [-0.15, -0.1) is 0 Å². The molecule has 1 nitrogen and oxygen atoms in total. The second-order valence-corrected chi connectivity index (χ2v) is 10.8. The lowest BCUT2D eigenvalue weighted by molar-refractivity contribution is 0.0929. The minimum atomic E-state index is -0.172. The van der Waals surface area contributed by atoms with E-state index in [0.29, 0.717) is 5.41 Å². The summed E-state index contributed by atoms with van der Waals surface area (Å²) in [6.07, 6.45) is 18.2. The normalized spacial score (nSPS) is 37.6. The van der Waals surface area contributed by atoms with Crippen molar-refractivity contribution in [2.24, 2.45) is 29.1 Å². The second kappa shape index (κ2) is 9.33. The third-order valence-electron chi connectivity index (χ3n) is 8.35. The number of aliphatic hydroxyl groups is 1. The lowest BCUT2D eigenvalue weighted by Gasteiger charge is -2.44. The molecule has 3 saturated carbocycles. The highest BCUT2D eigenvalue weighted by Gasteiger charge is 2.50.